The van der Waals surface area contributed by atoms with Gasteiger partial charge in [0.05, 0.1) is 18.2 Å². The number of thiazole rings is 1. The van der Waals surface area contributed by atoms with E-state index in [9.17, 15) is 4.79 Å². The summed E-state index contributed by atoms with van der Waals surface area (Å²) < 4.78 is 11.3. The summed E-state index contributed by atoms with van der Waals surface area (Å²) in [5, 5.41) is 8.36. The summed E-state index contributed by atoms with van der Waals surface area (Å²) in [7, 11) is 0. The number of hydrogen-bond donors (Lipinski definition) is 1. The summed E-state index contributed by atoms with van der Waals surface area (Å²) in [6, 6.07) is 16.0. The average molecular weight is 546 g/mol. The van der Waals surface area contributed by atoms with Gasteiger partial charge in [-0.15, -0.1) is 11.8 Å². The zero-order valence-electron chi connectivity index (χ0n) is 16.7. The third-order valence-corrected chi connectivity index (χ3v) is 9.14. The van der Waals surface area contributed by atoms with Crippen LogP contribution in [0.3, 0.4) is 0 Å². The predicted molar refractivity (Wildman–Crippen MR) is 132 cm³/mol. The van der Waals surface area contributed by atoms with Gasteiger partial charge in [0.2, 0.25) is 0 Å². The van der Waals surface area contributed by atoms with Crippen LogP contribution in [0.2, 0.25) is 0 Å². The van der Waals surface area contributed by atoms with Crippen molar-refractivity contribution < 1.29 is 4.74 Å². The second-order valence-corrected chi connectivity index (χ2v) is 11.1. The van der Waals surface area contributed by atoms with E-state index in [2.05, 4.69) is 32.2 Å². The minimum absolute atomic E-state index is 0.0275. The topological polar surface area (TPSA) is 64.8 Å². The molecule has 0 spiro atoms. The molecule has 6 nitrogen and oxygen atoms in total. The van der Waals surface area contributed by atoms with Crippen LogP contribution >= 0.6 is 51.2 Å². The molecule has 0 unspecified atom stereocenters. The molecule has 2 aliphatic rings. The lowest BCUT2D eigenvalue weighted by molar-refractivity contribution is 0.219. The molecule has 4 aromatic rings. The number of fused-ring (bicyclic) bond motifs is 5. The maximum Gasteiger partial charge on any atom is 0.308 e. The minimum Gasteiger partial charge on any atom is -0.493 e. The van der Waals surface area contributed by atoms with Crippen LogP contribution in [0.25, 0.3) is 5.69 Å². The largest absolute Gasteiger partial charge is 0.493 e. The van der Waals surface area contributed by atoms with Crippen molar-refractivity contribution in [2.75, 3.05) is 12.4 Å². The standard InChI is InChI=1S/C22H17BrN4O2S3/c23-13-6-7-16-15(8-13)18-12(10-29-16)11-31-20-19(18)32-22(28)26(20)9-17-24-25-21(30)27(17)14-4-2-1-3-5-14/h1-8,12,18H,9-11H2,(H,25,30)/t12-,18-/m1/s1. The van der Waals surface area contributed by atoms with E-state index in [-0.39, 0.29) is 10.8 Å². The Kier molecular flexibility index (Phi) is 5.13. The molecule has 10 heteroatoms. The molecule has 0 saturated heterocycles. The monoisotopic (exact) mass is 544 g/mol. The number of halogens is 1. The highest BCUT2D eigenvalue weighted by Crippen LogP contribution is 2.51. The normalized spacial score (nSPS) is 19.0. The van der Waals surface area contributed by atoms with Gasteiger partial charge in [-0.05, 0) is 42.5 Å². The highest BCUT2D eigenvalue weighted by Gasteiger charge is 2.40. The first-order valence-corrected chi connectivity index (χ1v) is 13.1. The number of aromatic amines is 1. The van der Waals surface area contributed by atoms with Crippen LogP contribution in [0, 0.1) is 10.7 Å². The summed E-state index contributed by atoms with van der Waals surface area (Å²) in [6.45, 7) is 1.03. The number of aromatic nitrogens is 4. The SMILES string of the molecule is O=c1sc2c(n1Cc1n[nH]c(=S)n1-c1ccccc1)SC[C@H]1COc3ccc(Br)cc3[C@H]21. The molecule has 162 valence electrons. The van der Waals surface area contributed by atoms with Crippen molar-refractivity contribution in [3.05, 3.63) is 83.7 Å². The van der Waals surface area contributed by atoms with Crippen LogP contribution in [0.1, 0.15) is 22.2 Å². The summed E-state index contributed by atoms with van der Waals surface area (Å²) in [4.78, 5) is 14.3. The molecule has 0 aliphatic carbocycles. The van der Waals surface area contributed by atoms with Gasteiger partial charge in [-0.2, -0.15) is 5.10 Å². The van der Waals surface area contributed by atoms with Gasteiger partial charge in [0.25, 0.3) is 0 Å². The predicted octanol–water partition coefficient (Wildman–Crippen LogP) is 5.21. The van der Waals surface area contributed by atoms with E-state index >= 15 is 0 Å². The minimum atomic E-state index is 0.0275. The molecule has 1 N–H and O–H groups in total. The Labute approximate surface area is 205 Å². The summed E-state index contributed by atoms with van der Waals surface area (Å²) >= 11 is 12.1. The lowest BCUT2D eigenvalue weighted by Gasteiger charge is -2.36. The van der Waals surface area contributed by atoms with Crippen molar-refractivity contribution >= 4 is 51.2 Å². The molecular formula is C22H17BrN4O2S3. The number of para-hydroxylation sites is 1. The lowest BCUT2D eigenvalue weighted by Crippen LogP contribution is -2.31. The van der Waals surface area contributed by atoms with E-state index in [0.717, 1.165) is 37.1 Å². The Hall–Kier alpha value is -2.14. The Bertz CT molecular complexity index is 1440. The fraction of sp³-hybridized carbons (Fsp3) is 0.227. The van der Waals surface area contributed by atoms with Crippen LogP contribution in [-0.4, -0.2) is 31.7 Å². The maximum atomic E-state index is 13.2. The molecule has 0 fully saturated rings. The summed E-state index contributed by atoms with van der Waals surface area (Å²) in [5.41, 5.74) is 2.08. The molecule has 2 aromatic carbocycles. The Morgan fingerprint density at radius 1 is 1.25 bits per heavy atom. The number of thioether (sulfide) groups is 1. The van der Waals surface area contributed by atoms with Gasteiger partial charge >= 0.3 is 4.87 Å². The Morgan fingerprint density at radius 3 is 2.94 bits per heavy atom. The van der Waals surface area contributed by atoms with E-state index in [1.807, 2.05) is 51.6 Å². The fourth-order valence-corrected chi connectivity index (χ4v) is 7.76. The molecule has 0 amide bonds. The molecule has 6 rings (SSSR count). The third kappa shape index (κ3) is 3.32. The van der Waals surface area contributed by atoms with Crippen LogP contribution in [0.5, 0.6) is 5.75 Å². The van der Waals surface area contributed by atoms with Crippen molar-refractivity contribution in [1.82, 2.24) is 19.3 Å². The van der Waals surface area contributed by atoms with Gasteiger partial charge in [-0.1, -0.05) is 45.5 Å². The van der Waals surface area contributed by atoms with Gasteiger partial charge in [0.15, 0.2) is 10.6 Å². The zero-order valence-corrected chi connectivity index (χ0v) is 20.7. The first-order valence-electron chi connectivity index (χ1n) is 10.1. The summed E-state index contributed by atoms with van der Waals surface area (Å²) in [6.07, 6.45) is 0. The molecule has 2 aliphatic heterocycles. The molecule has 0 bridgehead atoms. The highest BCUT2D eigenvalue weighted by molar-refractivity contribution is 9.10. The number of benzene rings is 2. The number of H-pyrrole nitrogens is 1. The van der Waals surface area contributed by atoms with E-state index in [4.69, 9.17) is 17.0 Å². The molecule has 0 saturated carbocycles. The smallest absolute Gasteiger partial charge is 0.308 e. The zero-order chi connectivity index (χ0) is 21.8. The van der Waals surface area contributed by atoms with Crippen LogP contribution in [0.4, 0.5) is 0 Å². The van der Waals surface area contributed by atoms with Gasteiger partial charge in [-0.3, -0.25) is 19.0 Å². The van der Waals surface area contributed by atoms with Gasteiger partial charge in [0, 0.05) is 38.2 Å². The summed E-state index contributed by atoms with van der Waals surface area (Å²) in [5.74, 6) is 3.04. The molecular weight excluding hydrogens is 528 g/mol. The number of ether oxygens (including phenoxy) is 1. The average Bonchev–Trinajstić information content (AvgIpc) is 3.33. The second kappa shape index (κ2) is 8.02. The van der Waals surface area contributed by atoms with Gasteiger partial charge in [0.1, 0.15) is 5.75 Å². The van der Waals surface area contributed by atoms with Crippen LogP contribution < -0.4 is 9.61 Å². The van der Waals surface area contributed by atoms with E-state index in [1.165, 1.54) is 11.3 Å². The maximum absolute atomic E-state index is 13.2. The first kappa shape index (κ1) is 20.5. The quantitative estimate of drug-likeness (QED) is 0.358. The van der Waals surface area contributed by atoms with Crippen molar-refractivity contribution in [2.45, 2.75) is 17.5 Å². The van der Waals surface area contributed by atoms with Crippen molar-refractivity contribution in [3.8, 4) is 11.4 Å². The number of nitrogens with zero attached hydrogens (tertiary/aromatic N) is 3. The second-order valence-electron chi connectivity index (χ2n) is 7.78. The molecule has 32 heavy (non-hydrogen) atoms. The van der Waals surface area contributed by atoms with Gasteiger partial charge < -0.3 is 4.74 Å². The van der Waals surface area contributed by atoms with E-state index < -0.39 is 0 Å². The number of hydrogen-bond acceptors (Lipinski definition) is 6. The third-order valence-electron chi connectivity index (χ3n) is 5.88. The van der Waals surface area contributed by atoms with E-state index in [0.29, 0.717) is 29.7 Å². The molecule has 2 atom stereocenters. The fourth-order valence-electron chi connectivity index (χ4n) is 4.44. The lowest BCUT2D eigenvalue weighted by atomic mass is 9.84. The van der Waals surface area contributed by atoms with Crippen molar-refractivity contribution in [3.63, 3.8) is 0 Å². The van der Waals surface area contributed by atoms with Crippen LogP contribution in [-0.2, 0) is 6.54 Å². The number of rotatable bonds is 3. The first-order chi connectivity index (χ1) is 15.6. The highest BCUT2D eigenvalue weighted by atomic mass is 79.9. The van der Waals surface area contributed by atoms with Crippen molar-refractivity contribution in [1.29, 1.82) is 0 Å². The van der Waals surface area contributed by atoms with Crippen molar-refractivity contribution in [2.24, 2.45) is 5.92 Å². The Balaban J connectivity index is 1.44. The molecule has 4 heterocycles. The van der Waals surface area contributed by atoms with Crippen LogP contribution in [0.15, 0.2) is 62.8 Å². The number of nitrogens with one attached hydrogen (secondary N) is 1. The Morgan fingerprint density at radius 2 is 2.09 bits per heavy atom. The molecule has 0 radical (unpaired) electrons. The molecule has 2 aromatic heterocycles. The van der Waals surface area contributed by atoms with Gasteiger partial charge in [-0.25, -0.2) is 0 Å². The van der Waals surface area contributed by atoms with E-state index in [1.54, 1.807) is 11.8 Å².